The molecule has 4 nitrogen and oxygen atoms in total. The number of carboxylic acid groups (broad SMARTS) is 1. The fourth-order valence-corrected chi connectivity index (χ4v) is 2.59. The Labute approximate surface area is 137 Å². The molecule has 0 saturated carbocycles. The molecule has 5 heteroatoms. The molecule has 0 heterocycles. The number of amides is 1. The first-order valence-electron chi connectivity index (χ1n) is 6.85. The van der Waals surface area contributed by atoms with Crippen LogP contribution >= 0.6 is 15.9 Å². The van der Waals surface area contributed by atoms with Gasteiger partial charge in [0.15, 0.2) is 0 Å². The van der Waals surface area contributed by atoms with E-state index in [-0.39, 0.29) is 18.7 Å². The fraction of sp³-hybridized carbons (Fsp3) is 0.176. The average Bonchev–Trinajstić information content (AvgIpc) is 2.47. The van der Waals surface area contributed by atoms with Crippen LogP contribution < -0.4 is 5.32 Å². The Morgan fingerprint density at radius 3 is 2.45 bits per heavy atom. The minimum atomic E-state index is -0.954. The van der Waals surface area contributed by atoms with Crippen LogP contribution in [0, 0.1) is 0 Å². The van der Waals surface area contributed by atoms with Crippen LogP contribution in [0.5, 0.6) is 0 Å². The molecule has 2 aromatic carbocycles. The summed E-state index contributed by atoms with van der Waals surface area (Å²) in [6.45, 7) is 0. The first-order valence-corrected chi connectivity index (χ1v) is 7.64. The number of rotatable bonds is 6. The molecule has 0 saturated heterocycles. The number of carbonyl (C=O) groups excluding carboxylic acids is 1. The Kier molecular flexibility index (Phi) is 5.72. The molecular weight excluding hydrogens is 346 g/mol. The minimum absolute atomic E-state index is 0.156. The van der Waals surface area contributed by atoms with Crippen molar-refractivity contribution in [1.82, 2.24) is 5.32 Å². The van der Waals surface area contributed by atoms with Crippen molar-refractivity contribution in [2.24, 2.45) is 0 Å². The number of aliphatic carboxylic acids is 1. The second-order valence-corrected chi connectivity index (χ2v) is 5.85. The Morgan fingerprint density at radius 2 is 1.82 bits per heavy atom. The van der Waals surface area contributed by atoms with Gasteiger partial charge in [-0.1, -0.05) is 58.4 Å². The Morgan fingerprint density at radius 1 is 1.09 bits per heavy atom. The lowest BCUT2D eigenvalue weighted by Gasteiger charge is -2.18. The highest BCUT2D eigenvalue weighted by molar-refractivity contribution is 9.10. The van der Waals surface area contributed by atoms with E-state index in [4.69, 9.17) is 5.11 Å². The van der Waals surface area contributed by atoms with Gasteiger partial charge in [0.1, 0.15) is 0 Å². The first kappa shape index (κ1) is 16.2. The van der Waals surface area contributed by atoms with E-state index < -0.39 is 12.0 Å². The molecule has 0 fully saturated rings. The lowest BCUT2D eigenvalue weighted by atomic mass is 10.0. The predicted molar refractivity (Wildman–Crippen MR) is 87.4 cm³/mol. The fourth-order valence-electron chi connectivity index (χ4n) is 2.18. The molecule has 0 aromatic heterocycles. The number of nitrogens with one attached hydrogen (secondary N) is 1. The van der Waals surface area contributed by atoms with Crippen LogP contribution in [0.2, 0.25) is 0 Å². The number of carboxylic acids is 1. The highest BCUT2D eigenvalue weighted by Gasteiger charge is 2.18. The third kappa shape index (κ3) is 5.00. The van der Waals surface area contributed by atoms with Crippen LogP contribution in [0.15, 0.2) is 59.1 Å². The smallest absolute Gasteiger partial charge is 0.305 e. The van der Waals surface area contributed by atoms with Crippen molar-refractivity contribution >= 4 is 27.8 Å². The summed E-state index contributed by atoms with van der Waals surface area (Å²) >= 11 is 3.36. The number of halogens is 1. The quantitative estimate of drug-likeness (QED) is 0.829. The normalized spacial score (nSPS) is 11.7. The molecule has 0 aliphatic heterocycles. The highest BCUT2D eigenvalue weighted by Crippen LogP contribution is 2.21. The first-order chi connectivity index (χ1) is 10.5. The van der Waals surface area contributed by atoms with E-state index in [1.165, 1.54) is 0 Å². The monoisotopic (exact) mass is 361 g/mol. The second-order valence-electron chi connectivity index (χ2n) is 4.94. The summed E-state index contributed by atoms with van der Waals surface area (Å²) in [4.78, 5) is 23.2. The van der Waals surface area contributed by atoms with E-state index in [9.17, 15) is 9.59 Å². The van der Waals surface area contributed by atoms with Gasteiger partial charge in [-0.3, -0.25) is 9.59 Å². The third-order valence-corrected chi connectivity index (χ3v) is 3.67. The van der Waals surface area contributed by atoms with Gasteiger partial charge in [-0.15, -0.1) is 0 Å². The van der Waals surface area contributed by atoms with Crippen LogP contribution in [0.3, 0.4) is 0 Å². The average molecular weight is 362 g/mol. The summed E-state index contributed by atoms with van der Waals surface area (Å²) in [7, 11) is 0. The van der Waals surface area contributed by atoms with Gasteiger partial charge >= 0.3 is 5.97 Å². The lowest BCUT2D eigenvalue weighted by Crippen LogP contribution is -2.31. The molecular formula is C17H16BrNO3. The zero-order valence-corrected chi connectivity index (χ0v) is 13.4. The van der Waals surface area contributed by atoms with Gasteiger partial charge in [0.05, 0.1) is 18.9 Å². The summed E-state index contributed by atoms with van der Waals surface area (Å²) in [6.07, 6.45) is 0.0714. The molecule has 0 aliphatic rings. The van der Waals surface area contributed by atoms with Crippen LogP contribution in [0.4, 0.5) is 0 Å². The van der Waals surface area contributed by atoms with E-state index in [0.717, 1.165) is 15.6 Å². The molecule has 0 radical (unpaired) electrons. The molecule has 0 spiro atoms. The maximum Gasteiger partial charge on any atom is 0.305 e. The van der Waals surface area contributed by atoms with Crippen molar-refractivity contribution < 1.29 is 14.7 Å². The lowest BCUT2D eigenvalue weighted by molar-refractivity contribution is -0.137. The van der Waals surface area contributed by atoms with E-state index in [1.807, 2.05) is 48.5 Å². The summed E-state index contributed by atoms with van der Waals surface area (Å²) < 4.78 is 0.845. The Hall–Kier alpha value is -2.14. The van der Waals surface area contributed by atoms with E-state index in [2.05, 4.69) is 21.2 Å². The third-order valence-electron chi connectivity index (χ3n) is 3.17. The summed E-state index contributed by atoms with van der Waals surface area (Å²) in [5.41, 5.74) is 1.65. The zero-order valence-electron chi connectivity index (χ0n) is 11.8. The molecule has 0 bridgehead atoms. The topological polar surface area (TPSA) is 66.4 Å². The van der Waals surface area contributed by atoms with Gasteiger partial charge < -0.3 is 10.4 Å². The maximum atomic E-state index is 12.1. The van der Waals surface area contributed by atoms with Gasteiger partial charge in [-0.2, -0.15) is 0 Å². The molecule has 0 aliphatic carbocycles. The summed E-state index contributed by atoms with van der Waals surface area (Å²) in [5, 5.41) is 11.9. The number of carbonyl (C=O) groups is 2. The molecule has 2 rings (SSSR count). The highest BCUT2D eigenvalue weighted by atomic mass is 79.9. The van der Waals surface area contributed by atoms with Crippen LogP contribution in [0.1, 0.15) is 23.6 Å². The van der Waals surface area contributed by atoms with Gasteiger partial charge in [0.25, 0.3) is 0 Å². The van der Waals surface area contributed by atoms with Crippen molar-refractivity contribution in [3.05, 3.63) is 70.2 Å². The number of hydrogen-bond donors (Lipinski definition) is 2. The SMILES string of the molecule is O=C(O)CC(NC(=O)Cc1ccccc1)c1cccc(Br)c1. The standard InChI is InChI=1S/C17H16BrNO3/c18-14-8-4-7-13(10-14)15(11-17(21)22)19-16(20)9-12-5-2-1-3-6-12/h1-8,10,15H,9,11H2,(H,19,20)(H,21,22). The molecule has 2 aromatic rings. The molecule has 1 unspecified atom stereocenters. The molecule has 1 amide bonds. The maximum absolute atomic E-state index is 12.1. The van der Waals surface area contributed by atoms with Crippen LogP contribution in [0.25, 0.3) is 0 Å². The zero-order chi connectivity index (χ0) is 15.9. The van der Waals surface area contributed by atoms with Gasteiger partial charge in [-0.25, -0.2) is 0 Å². The van der Waals surface area contributed by atoms with E-state index in [1.54, 1.807) is 6.07 Å². The van der Waals surface area contributed by atoms with Crippen molar-refractivity contribution in [2.45, 2.75) is 18.9 Å². The Balaban J connectivity index is 2.09. The summed E-state index contributed by atoms with van der Waals surface area (Å²) in [6, 6.07) is 16.1. The van der Waals surface area contributed by atoms with Gasteiger partial charge in [-0.05, 0) is 23.3 Å². The van der Waals surface area contributed by atoms with Crippen LogP contribution in [-0.4, -0.2) is 17.0 Å². The molecule has 1 atom stereocenters. The largest absolute Gasteiger partial charge is 0.481 e. The van der Waals surface area contributed by atoms with Crippen LogP contribution in [-0.2, 0) is 16.0 Å². The molecule has 2 N–H and O–H groups in total. The Bertz CT molecular complexity index is 658. The summed E-state index contributed by atoms with van der Waals surface area (Å²) in [5.74, 6) is -1.15. The minimum Gasteiger partial charge on any atom is -0.481 e. The molecule has 114 valence electrons. The second kappa shape index (κ2) is 7.75. The van der Waals surface area contributed by atoms with E-state index in [0.29, 0.717) is 0 Å². The van der Waals surface area contributed by atoms with Gasteiger partial charge in [0.2, 0.25) is 5.91 Å². The van der Waals surface area contributed by atoms with Crippen molar-refractivity contribution in [2.75, 3.05) is 0 Å². The predicted octanol–water partition coefficient (Wildman–Crippen LogP) is 3.32. The van der Waals surface area contributed by atoms with Gasteiger partial charge in [0, 0.05) is 4.47 Å². The van der Waals surface area contributed by atoms with E-state index >= 15 is 0 Å². The van der Waals surface area contributed by atoms with Crippen molar-refractivity contribution in [1.29, 1.82) is 0 Å². The number of benzene rings is 2. The number of hydrogen-bond acceptors (Lipinski definition) is 2. The molecule has 22 heavy (non-hydrogen) atoms. The van der Waals surface area contributed by atoms with Crippen molar-refractivity contribution in [3.63, 3.8) is 0 Å². The van der Waals surface area contributed by atoms with Crippen molar-refractivity contribution in [3.8, 4) is 0 Å².